The lowest BCUT2D eigenvalue weighted by atomic mass is 10.1. The zero-order valence-corrected chi connectivity index (χ0v) is 21.7. The lowest BCUT2D eigenvalue weighted by Crippen LogP contribution is -2.41. The summed E-state index contributed by atoms with van der Waals surface area (Å²) in [7, 11) is 0. The van der Waals surface area contributed by atoms with E-state index in [1.54, 1.807) is 0 Å². The van der Waals surface area contributed by atoms with Gasteiger partial charge in [-0.25, -0.2) is 0 Å². The van der Waals surface area contributed by atoms with Crippen molar-refractivity contribution in [2.45, 2.75) is 25.2 Å². The molecule has 10 nitrogen and oxygen atoms in total. The van der Waals surface area contributed by atoms with Gasteiger partial charge in [0, 0.05) is 19.6 Å². The van der Waals surface area contributed by atoms with E-state index >= 15 is 0 Å². The van der Waals surface area contributed by atoms with Gasteiger partial charge in [0.25, 0.3) is 5.91 Å². The van der Waals surface area contributed by atoms with Crippen molar-refractivity contribution in [2.75, 3.05) is 31.7 Å². The lowest BCUT2D eigenvalue weighted by molar-refractivity contribution is -0.114. The van der Waals surface area contributed by atoms with Crippen LogP contribution in [0.15, 0.2) is 0 Å². The highest BCUT2D eigenvalue weighted by Gasteiger charge is 2.29. The number of carbonyl (C=O) groups excluding carboxylic acids is 2. The number of benzene rings is 1. The van der Waals surface area contributed by atoms with Crippen LogP contribution in [0.3, 0.4) is 0 Å². The van der Waals surface area contributed by atoms with Crippen LogP contribution >= 0.6 is 67.8 Å². The number of carbonyl (C=O) groups is 2. The van der Waals surface area contributed by atoms with E-state index < -0.39 is 50.6 Å². The summed E-state index contributed by atoms with van der Waals surface area (Å²) in [4.78, 5) is 24.5. The van der Waals surface area contributed by atoms with Crippen LogP contribution in [0.1, 0.15) is 29.1 Å². The van der Waals surface area contributed by atoms with Gasteiger partial charge in [-0.2, -0.15) is 0 Å². The average molecular weight is 749 g/mol. The molecular weight excluding hydrogens is 727 g/mol. The molecule has 2 amide bonds. The van der Waals surface area contributed by atoms with Gasteiger partial charge in [0.15, 0.2) is 0 Å². The molecule has 8 N–H and O–H groups in total. The van der Waals surface area contributed by atoms with Crippen LogP contribution in [0.25, 0.3) is 0 Å². The molecule has 1 rings (SSSR count). The average Bonchev–Trinajstić information content (AvgIpc) is 2.67. The quantitative estimate of drug-likeness (QED) is 0.117. The Morgan fingerprint density at radius 3 is 1.86 bits per heavy atom. The first kappa shape index (κ1) is 27.1. The normalized spacial score (nSPS) is 12.4. The van der Waals surface area contributed by atoms with Crippen LogP contribution in [-0.2, 0) is 4.79 Å². The van der Waals surface area contributed by atoms with Gasteiger partial charge >= 0.3 is 0 Å². The number of nitrogens with one attached hydrogen (secondary N) is 3. The third-order valence-corrected chi connectivity index (χ3v) is 7.08. The molecule has 0 saturated heterocycles. The van der Waals surface area contributed by atoms with E-state index in [1.807, 2.05) is 67.8 Å². The van der Waals surface area contributed by atoms with E-state index in [4.69, 9.17) is 0 Å². The maximum absolute atomic E-state index is 12.8. The van der Waals surface area contributed by atoms with Gasteiger partial charge in [-0.3, -0.25) is 14.9 Å². The molecular formula is C16H22I3N3O7. The molecule has 1 unspecified atom stereocenters. The Morgan fingerprint density at radius 1 is 0.897 bits per heavy atom. The Balaban J connectivity index is 3.59. The summed E-state index contributed by atoms with van der Waals surface area (Å²) in [6.45, 7) is -0.481. The minimum Gasteiger partial charge on any atom is -0.395 e. The summed E-state index contributed by atoms with van der Waals surface area (Å²) >= 11 is 5.71. The van der Waals surface area contributed by atoms with Crippen LogP contribution < -0.4 is 16.0 Å². The molecule has 0 aliphatic heterocycles. The Bertz CT molecular complexity index is 743. The fourth-order valence-electron chi connectivity index (χ4n) is 2.28. The maximum atomic E-state index is 12.8. The summed E-state index contributed by atoms with van der Waals surface area (Å²) in [5.74, 6) is -0.988. The van der Waals surface area contributed by atoms with Crippen LogP contribution in [0.4, 0.5) is 5.69 Å². The largest absolute Gasteiger partial charge is 0.395 e. The van der Waals surface area contributed by atoms with E-state index in [1.165, 1.54) is 6.92 Å². The number of amides is 2. The minimum atomic E-state index is -1.36. The zero-order chi connectivity index (χ0) is 22.3. The third-order valence-electron chi connectivity index (χ3n) is 3.76. The standard InChI is InChI=1S/C16H22I3N3O7/c1-6(27)20-14-12(18)9(15(28)21-7(2-23)3-24)11(17)10(13(14)19)16(29)22-8(4-25)5-26/h7-8,15,21,23-26,28H,2-5H2,1H3,(H,20,27)(H,22,29). The first-order chi connectivity index (χ1) is 13.6. The molecule has 0 aliphatic rings. The van der Waals surface area contributed by atoms with E-state index in [-0.39, 0.29) is 17.0 Å². The number of hydrogen-bond acceptors (Lipinski definition) is 8. The number of anilines is 1. The molecule has 1 aromatic rings. The number of hydrogen-bond donors (Lipinski definition) is 8. The molecule has 13 heteroatoms. The van der Waals surface area contributed by atoms with Gasteiger partial charge in [0.2, 0.25) is 5.91 Å². The van der Waals surface area contributed by atoms with E-state index in [2.05, 4.69) is 16.0 Å². The van der Waals surface area contributed by atoms with Crippen molar-refractivity contribution in [2.24, 2.45) is 0 Å². The highest BCUT2D eigenvalue weighted by Crippen LogP contribution is 2.38. The number of aliphatic hydroxyl groups is 5. The molecule has 0 saturated carbocycles. The van der Waals surface area contributed by atoms with E-state index in [0.717, 1.165) is 0 Å². The number of halogens is 3. The highest BCUT2D eigenvalue weighted by molar-refractivity contribution is 14.1. The second kappa shape index (κ2) is 12.8. The zero-order valence-electron chi connectivity index (χ0n) is 15.2. The van der Waals surface area contributed by atoms with Crippen LogP contribution in [0.2, 0.25) is 0 Å². The van der Waals surface area contributed by atoms with Crippen molar-refractivity contribution in [3.05, 3.63) is 21.8 Å². The summed E-state index contributed by atoms with van der Waals surface area (Å²) in [5, 5.41) is 55.5. The van der Waals surface area contributed by atoms with Crippen molar-refractivity contribution in [1.29, 1.82) is 0 Å². The fraction of sp³-hybridized carbons (Fsp3) is 0.500. The molecule has 0 aliphatic carbocycles. The lowest BCUT2D eigenvalue weighted by Gasteiger charge is -2.25. The first-order valence-electron chi connectivity index (χ1n) is 8.29. The molecule has 0 fully saturated rings. The topological polar surface area (TPSA) is 171 Å². The van der Waals surface area contributed by atoms with Crippen LogP contribution in [0.5, 0.6) is 0 Å². The summed E-state index contributed by atoms with van der Waals surface area (Å²) in [6.07, 6.45) is -1.36. The Kier molecular flexibility index (Phi) is 12.0. The summed E-state index contributed by atoms with van der Waals surface area (Å²) in [5.41, 5.74) is 0.730. The van der Waals surface area contributed by atoms with Gasteiger partial charge in [-0.1, -0.05) is 0 Å². The fourth-order valence-corrected chi connectivity index (χ4v) is 6.80. The molecule has 0 spiro atoms. The second-order valence-corrected chi connectivity index (χ2v) is 9.19. The molecule has 29 heavy (non-hydrogen) atoms. The minimum absolute atomic E-state index is 0.141. The van der Waals surface area contributed by atoms with Crippen molar-refractivity contribution < 1.29 is 35.1 Å². The monoisotopic (exact) mass is 749 g/mol. The molecule has 1 atom stereocenters. The van der Waals surface area contributed by atoms with Crippen molar-refractivity contribution in [3.8, 4) is 0 Å². The Hall–Kier alpha value is 0.110. The SMILES string of the molecule is CC(=O)Nc1c(I)c(C(=O)NC(CO)CO)c(I)c(C(O)NC(CO)CO)c1I. The van der Waals surface area contributed by atoms with Crippen molar-refractivity contribution >= 4 is 85.3 Å². The number of rotatable bonds is 10. The molecule has 164 valence electrons. The molecule has 0 heterocycles. The second-order valence-electron chi connectivity index (χ2n) is 5.95. The highest BCUT2D eigenvalue weighted by atomic mass is 127. The van der Waals surface area contributed by atoms with Crippen molar-refractivity contribution in [3.63, 3.8) is 0 Å². The predicted octanol–water partition coefficient (Wildman–Crippen LogP) is -0.525. The third kappa shape index (κ3) is 7.06. The van der Waals surface area contributed by atoms with E-state index in [9.17, 15) is 35.1 Å². The van der Waals surface area contributed by atoms with Crippen LogP contribution in [-0.4, -0.2) is 75.9 Å². The summed E-state index contributed by atoms with van der Waals surface area (Å²) < 4.78 is 1.25. The van der Waals surface area contributed by atoms with Gasteiger partial charge in [0.05, 0.1) is 53.3 Å². The molecule has 0 radical (unpaired) electrons. The molecule has 0 aromatic heterocycles. The van der Waals surface area contributed by atoms with Crippen LogP contribution in [0, 0.1) is 10.7 Å². The Morgan fingerprint density at radius 2 is 1.41 bits per heavy atom. The van der Waals surface area contributed by atoms with Gasteiger partial charge in [0.1, 0.15) is 6.23 Å². The summed E-state index contributed by atoms with van der Waals surface area (Å²) in [6, 6.07) is -1.68. The van der Waals surface area contributed by atoms with Gasteiger partial charge in [-0.15, -0.1) is 0 Å². The Labute approximate surface area is 208 Å². The first-order valence-corrected chi connectivity index (χ1v) is 11.5. The molecule has 0 bridgehead atoms. The van der Waals surface area contributed by atoms with Gasteiger partial charge in [-0.05, 0) is 67.8 Å². The van der Waals surface area contributed by atoms with Crippen molar-refractivity contribution in [1.82, 2.24) is 10.6 Å². The molecule has 1 aromatic carbocycles. The maximum Gasteiger partial charge on any atom is 0.253 e. The van der Waals surface area contributed by atoms with E-state index in [0.29, 0.717) is 16.4 Å². The smallest absolute Gasteiger partial charge is 0.253 e. The number of aliphatic hydroxyl groups excluding tert-OH is 5. The predicted molar refractivity (Wildman–Crippen MR) is 130 cm³/mol. The van der Waals surface area contributed by atoms with Gasteiger partial charge < -0.3 is 36.2 Å².